The van der Waals surface area contributed by atoms with Gasteiger partial charge in [-0.2, -0.15) is 0 Å². The largest absolute Gasteiger partial charge is 0.334 e. The summed E-state index contributed by atoms with van der Waals surface area (Å²) in [5.74, 6) is -0.956. The Morgan fingerprint density at radius 2 is 1.92 bits per heavy atom. The summed E-state index contributed by atoms with van der Waals surface area (Å²) in [6.07, 6.45) is 1.93. The molecule has 1 aliphatic heterocycles. The molecule has 1 atom stereocenters. The molecule has 2 aromatic carbocycles. The molecule has 0 aliphatic carbocycles. The van der Waals surface area contributed by atoms with Crippen LogP contribution in [0.1, 0.15) is 28.8 Å². The number of amides is 1. The third kappa shape index (κ3) is 4.05. The summed E-state index contributed by atoms with van der Waals surface area (Å²) in [4.78, 5) is 14.5. The lowest BCUT2D eigenvalue weighted by Gasteiger charge is -2.24. The molecule has 0 aromatic heterocycles. The zero-order valence-electron chi connectivity index (χ0n) is 14.9. The number of nitrogens with zero attached hydrogens (tertiary/aromatic N) is 1. The zero-order valence-corrected chi connectivity index (χ0v) is 15.7. The first-order valence-corrected chi connectivity index (χ1v) is 8.53. The molecule has 1 unspecified atom stereocenters. The minimum Gasteiger partial charge on any atom is -0.334 e. The number of carbonyl (C=O) groups excluding carboxylic acids is 1. The Morgan fingerprint density at radius 3 is 2.58 bits per heavy atom. The lowest BCUT2D eigenvalue weighted by molar-refractivity contribution is 0.0736. The maximum atomic E-state index is 14.6. The number of carbonyl (C=O) groups is 1. The van der Waals surface area contributed by atoms with Crippen molar-refractivity contribution in [1.29, 1.82) is 0 Å². The summed E-state index contributed by atoms with van der Waals surface area (Å²) >= 11 is 0. The normalized spacial score (nSPS) is 16.5. The van der Waals surface area contributed by atoms with E-state index in [-0.39, 0.29) is 30.2 Å². The molecule has 2 aromatic rings. The van der Waals surface area contributed by atoms with Gasteiger partial charge in [-0.25, -0.2) is 8.78 Å². The molecule has 3 nitrogen and oxygen atoms in total. The first-order valence-electron chi connectivity index (χ1n) is 8.53. The quantitative estimate of drug-likeness (QED) is 0.862. The summed E-state index contributed by atoms with van der Waals surface area (Å²) in [7, 11) is 1.86. The molecule has 1 fully saturated rings. The zero-order chi connectivity index (χ0) is 18.0. The monoisotopic (exact) mass is 380 g/mol. The van der Waals surface area contributed by atoms with Gasteiger partial charge in [0.05, 0.1) is 0 Å². The highest BCUT2D eigenvalue weighted by molar-refractivity contribution is 5.95. The van der Waals surface area contributed by atoms with Crippen LogP contribution in [-0.4, -0.2) is 37.0 Å². The van der Waals surface area contributed by atoms with Gasteiger partial charge in [-0.1, -0.05) is 12.1 Å². The van der Waals surface area contributed by atoms with E-state index < -0.39 is 5.82 Å². The molecular weight excluding hydrogens is 358 g/mol. The topological polar surface area (TPSA) is 32.3 Å². The van der Waals surface area contributed by atoms with Crippen LogP contribution in [0.3, 0.4) is 0 Å². The number of likely N-dealkylation sites (tertiary alicyclic amines) is 1. The number of likely N-dealkylation sites (N-methyl/N-ethyl adjacent to an activating group) is 1. The molecule has 3 rings (SSSR count). The van der Waals surface area contributed by atoms with E-state index in [1.807, 2.05) is 11.9 Å². The fourth-order valence-corrected chi connectivity index (χ4v) is 3.51. The van der Waals surface area contributed by atoms with Crippen LogP contribution in [-0.2, 0) is 0 Å². The molecule has 1 heterocycles. The average molecular weight is 381 g/mol. The molecule has 0 saturated carbocycles. The predicted molar refractivity (Wildman–Crippen MR) is 102 cm³/mol. The number of nitrogens with one attached hydrogen (secondary N) is 1. The van der Waals surface area contributed by atoms with Crippen molar-refractivity contribution in [3.8, 4) is 11.1 Å². The number of halogens is 3. The Balaban J connectivity index is 0.00000243. The fourth-order valence-electron chi connectivity index (χ4n) is 3.51. The first kappa shape index (κ1) is 20.3. The lowest BCUT2D eigenvalue weighted by Crippen LogP contribution is -2.40. The van der Waals surface area contributed by atoms with Crippen molar-refractivity contribution in [2.24, 2.45) is 0 Å². The summed E-state index contributed by atoms with van der Waals surface area (Å²) < 4.78 is 27.9. The fraction of sp³-hybridized carbons (Fsp3) is 0.350. The third-order valence-corrected chi connectivity index (χ3v) is 4.77. The van der Waals surface area contributed by atoms with E-state index in [9.17, 15) is 13.6 Å². The van der Waals surface area contributed by atoms with Crippen molar-refractivity contribution in [2.75, 3.05) is 20.1 Å². The summed E-state index contributed by atoms with van der Waals surface area (Å²) in [6, 6.07) is 8.95. The van der Waals surface area contributed by atoms with Crippen molar-refractivity contribution < 1.29 is 13.6 Å². The first-order chi connectivity index (χ1) is 12.0. The smallest absolute Gasteiger partial charge is 0.254 e. The SMILES string of the molecule is CNCC1CCCN1C(=O)c1ccc(-c2ccc(F)cc2C)c(F)c1.Cl. The van der Waals surface area contributed by atoms with Gasteiger partial charge < -0.3 is 10.2 Å². The van der Waals surface area contributed by atoms with E-state index in [0.717, 1.165) is 19.4 Å². The van der Waals surface area contributed by atoms with Crippen molar-refractivity contribution in [1.82, 2.24) is 10.2 Å². The maximum absolute atomic E-state index is 14.6. The van der Waals surface area contributed by atoms with E-state index >= 15 is 0 Å². The van der Waals surface area contributed by atoms with Crippen LogP contribution < -0.4 is 5.32 Å². The standard InChI is InChI=1S/C20H22F2N2O.ClH/c1-13-10-15(21)6-8-17(13)18-7-5-14(11-19(18)22)20(25)24-9-3-4-16(24)12-23-2;/h5-8,10-11,16,23H,3-4,9,12H2,1-2H3;1H. The Kier molecular flexibility index (Phi) is 6.73. The van der Waals surface area contributed by atoms with Gasteiger partial charge in [-0.05, 0) is 62.2 Å². The van der Waals surface area contributed by atoms with Crippen LogP contribution in [0.25, 0.3) is 11.1 Å². The molecule has 1 N–H and O–H groups in total. The third-order valence-electron chi connectivity index (χ3n) is 4.77. The second kappa shape index (κ2) is 8.60. The minimum absolute atomic E-state index is 0. The highest BCUT2D eigenvalue weighted by Gasteiger charge is 2.29. The molecule has 1 saturated heterocycles. The molecule has 26 heavy (non-hydrogen) atoms. The van der Waals surface area contributed by atoms with Crippen molar-refractivity contribution in [3.05, 3.63) is 59.2 Å². The molecule has 0 bridgehead atoms. The molecule has 1 amide bonds. The van der Waals surface area contributed by atoms with E-state index in [1.54, 1.807) is 25.1 Å². The van der Waals surface area contributed by atoms with Gasteiger partial charge in [0.25, 0.3) is 5.91 Å². The molecule has 0 spiro atoms. The number of benzene rings is 2. The number of hydrogen-bond acceptors (Lipinski definition) is 2. The molecular formula is C20H23ClF2N2O. The maximum Gasteiger partial charge on any atom is 0.254 e. The Hall–Kier alpha value is -1.98. The highest BCUT2D eigenvalue weighted by Crippen LogP contribution is 2.28. The van der Waals surface area contributed by atoms with Crippen molar-refractivity contribution >= 4 is 18.3 Å². The second-order valence-corrected chi connectivity index (χ2v) is 6.51. The van der Waals surface area contributed by atoms with E-state index in [2.05, 4.69) is 5.32 Å². The van der Waals surface area contributed by atoms with Crippen LogP contribution in [0.15, 0.2) is 36.4 Å². The van der Waals surface area contributed by atoms with Crippen LogP contribution in [0.2, 0.25) is 0 Å². The van der Waals surface area contributed by atoms with Gasteiger partial charge in [0.2, 0.25) is 0 Å². The summed E-state index contributed by atoms with van der Waals surface area (Å²) in [5, 5.41) is 3.10. The van der Waals surface area contributed by atoms with Crippen LogP contribution in [0.4, 0.5) is 8.78 Å². The van der Waals surface area contributed by atoms with Crippen molar-refractivity contribution in [2.45, 2.75) is 25.8 Å². The van der Waals surface area contributed by atoms with Gasteiger partial charge in [-0.3, -0.25) is 4.79 Å². The van der Waals surface area contributed by atoms with E-state index in [4.69, 9.17) is 0 Å². The molecule has 6 heteroatoms. The molecule has 0 radical (unpaired) electrons. The molecule has 140 valence electrons. The Morgan fingerprint density at radius 1 is 1.19 bits per heavy atom. The Bertz CT molecular complexity index is 797. The molecule has 1 aliphatic rings. The van der Waals surface area contributed by atoms with Crippen LogP contribution in [0, 0.1) is 18.6 Å². The summed E-state index contributed by atoms with van der Waals surface area (Å²) in [6.45, 7) is 3.18. The number of rotatable bonds is 4. The van der Waals surface area contributed by atoms with E-state index in [1.165, 1.54) is 18.2 Å². The number of hydrogen-bond donors (Lipinski definition) is 1. The van der Waals surface area contributed by atoms with Crippen LogP contribution in [0.5, 0.6) is 0 Å². The predicted octanol–water partition coefficient (Wildman–Crippen LogP) is 4.19. The van der Waals surface area contributed by atoms with Gasteiger partial charge in [0, 0.05) is 30.3 Å². The van der Waals surface area contributed by atoms with Gasteiger partial charge in [-0.15, -0.1) is 12.4 Å². The van der Waals surface area contributed by atoms with Crippen LogP contribution >= 0.6 is 12.4 Å². The van der Waals surface area contributed by atoms with Gasteiger partial charge in [0.1, 0.15) is 11.6 Å². The summed E-state index contributed by atoms with van der Waals surface area (Å²) in [5.41, 5.74) is 2.02. The van der Waals surface area contributed by atoms with Crippen molar-refractivity contribution in [3.63, 3.8) is 0 Å². The van der Waals surface area contributed by atoms with E-state index in [0.29, 0.717) is 28.8 Å². The average Bonchev–Trinajstić information content (AvgIpc) is 3.03. The lowest BCUT2D eigenvalue weighted by atomic mass is 9.98. The Labute approximate surface area is 158 Å². The minimum atomic E-state index is -0.468. The number of aryl methyl sites for hydroxylation is 1. The van der Waals surface area contributed by atoms with Gasteiger partial charge >= 0.3 is 0 Å². The van der Waals surface area contributed by atoms with Gasteiger partial charge in [0.15, 0.2) is 0 Å². The second-order valence-electron chi connectivity index (χ2n) is 6.51. The highest BCUT2D eigenvalue weighted by atomic mass is 35.5.